The molecule has 0 saturated heterocycles. The summed E-state index contributed by atoms with van der Waals surface area (Å²) < 4.78 is 0. The molecule has 0 aromatic carbocycles. The van der Waals surface area contributed by atoms with Crippen LogP contribution in [0.3, 0.4) is 0 Å². The quantitative estimate of drug-likeness (QED) is 0.585. The van der Waals surface area contributed by atoms with E-state index >= 15 is 0 Å². The Hall–Kier alpha value is -0.741. The molecule has 0 N–H and O–H groups in total. The van der Waals surface area contributed by atoms with E-state index in [1.54, 1.807) is 0 Å². The van der Waals surface area contributed by atoms with Crippen LogP contribution in [0.2, 0.25) is 0 Å². The molecular formula is C11H17FeN3O2. The number of hydrogen-bond donors (Lipinski definition) is 0. The molecule has 0 aromatic rings. The Morgan fingerprint density at radius 1 is 1.29 bits per heavy atom. The van der Waals surface area contributed by atoms with E-state index in [9.17, 15) is 9.59 Å². The van der Waals surface area contributed by atoms with Crippen molar-refractivity contribution < 1.29 is 26.7 Å². The zero-order chi connectivity index (χ0) is 10.7. The summed E-state index contributed by atoms with van der Waals surface area (Å²) in [5, 5.41) is 6.41. The van der Waals surface area contributed by atoms with E-state index in [4.69, 9.17) is 0 Å². The third kappa shape index (κ3) is 4.20. The summed E-state index contributed by atoms with van der Waals surface area (Å²) in [5.41, 5.74) is 0. The molecule has 1 aliphatic carbocycles. The van der Waals surface area contributed by atoms with Crippen molar-refractivity contribution in [1.82, 2.24) is 4.90 Å². The van der Waals surface area contributed by atoms with E-state index in [-0.39, 0.29) is 24.5 Å². The second-order valence-electron chi connectivity index (χ2n) is 3.99. The fourth-order valence-electron chi connectivity index (χ4n) is 2.09. The van der Waals surface area contributed by atoms with Crippen LogP contribution in [-0.4, -0.2) is 23.5 Å². The first-order valence-corrected chi connectivity index (χ1v) is 5.38. The molecule has 2 aliphatic rings. The molecule has 1 fully saturated rings. The molecular weight excluding hydrogens is 262 g/mol. The number of imide groups is 1. The van der Waals surface area contributed by atoms with Crippen LogP contribution in [0, 0.1) is 19.8 Å². The maximum absolute atomic E-state index is 11.0. The molecule has 1 heterocycles. The molecule has 0 spiro atoms. The number of nitrogens with zero attached hydrogens (tertiary/aromatic N) is 3. The van der Waals surface area contributed by atoms with Gasteiger partial charge in [-0.15, -0.1) is 0 Å². The molecule has 0 aromatic heterocycles. The van der Waals surface area contributed by atoms with Crippen LogP contribution in [-0.2, 0) is 17.1 Å². The van der Waals surface area contributed by atoms with Crippen molar-refractivity contribution in [3.05, 3.63) is 13.8 Å². The summed E-state index contributed by atoms with van der Waals surface area (Å²) in [6, 6.07) is -1.04. The molecule has 96 valence electrons. The van der Waals surface area contributed by atoms with Gasteiger partial charge >= 0.3 is 29.1 Å². The number of rotatable bonds is 4. The van der Waals surface area contributed by atoms with Crippen molar-refractivity contribution in [2.45, 2.75) is 32.1 Å². The van der Waals surface area contributed by atoms with Gasteiger partial charge in [-0.3, -0.25) is 0 Å². The van der Waals surface area contributed by atoms with Crippen molar-refractivity contribution in [2.24, 2.45) is 16.1 Å². The third-order valence-electron chi connectivity index (χ3n) is 2.92. The van der Waals surface area contributed by atoms with Crippen LogP contribution in [0.5, 0.6) is 0 Å². The second-order valence-corrected chi connectivity index (χ2v) is 3.99. The zero-order valence-corrected chi connectivity index (χ0v) is 11.0. The van der Waals surface area contributed by atoms with Crippen molar-refractivity contribution in [1.29, 1.82) is 0 Å². The predicted molar refractivity (Wildman–Crippen MR) is 59.6 cm³/mol. The van der Waals surface area contributed by atoms with Gasteiger partial charge in [0.05, 0.1) is 0 Å². The summed E-state index contributed by atoms with van der Waals surface area (Å²) in [5.74, 6) is 0.673. The minimum atomic E-state index is -0.518. The van der Waals surface area contributed by atoms with Gasteiger partial charge in [-0.05, 0) is 6.42 Å². The van der Waals surface area contributed by atoms with Crippen molar-refractivity contribution in [3.8, 4) is 0 Å². The molecule has 17 heavy (non-hydrogen) atoms. The Labute approximate surface area is 113 Å². The first-order chi connectivity index (χ1) is 7.27. The monoisotopic (exact) mass is 279 g/mol. The first kappa shape index (κ1) is 16.3. The first-order valence-electron chi connectivity index (χ1n) is 5.38. The predicted octanol–water partition coefficient (Wildman–Crippen LogP) is 3.23. The largest absolute Gasteiger partial charge is 2.00 e. The van der Waals surface area contributed by atoms with Gasteiger partial charge in [0.25, 0.3) is 0 Å². The zero-order valence-electron chi connectivity index (χ0n) is 9.91. The van der Waals surface area contributed by atoms with Gasteiger partial charge in [0, 0.05) is 6.54 Å². The van der Waals surface area contributed by atoms with Crippen molar-refractivity contribution >= 4 is 12.1 Å². The fraction of sp³-hybridized carbons (Fsp3) is 0.636. The van der Waals surface area contributed by atoms with E-state index in [0.29, 0.717) is 12.5 Å². The number of carbonyl (C=O) groups excluding carboxylic acids is 2. The molecule has 1 aliphatic heterocycles. The molecule has 1 saturated carbocycles. The number of amides is 4. The van der Waals surface area contributed by atoms with Gasteiger partial charge in [0.15, 0.2) is 0 Å². The summed E-state index contributed by atoms with van der Waals surface area (Å²) in [6.45, 7) is 0.453. The van der Waals surface area contributed by atoms with Crippen molar-refractivity contribution in [2.75, 3.05) is 6.54 Å². The Bertz CT molecular complexity index is 283. The molecule has 6 heteroatoms. The maximum Gasteiger partial charge on any atom is 2.00 e. The maximum atomic E-state index is 11.0. The van der Waals surface area contributed by atoms with Gasteiger partial charge in [-0.2, -0.15) is 12.3 Å². The van der Waals surface area contributed by atoms with Crippen LogP contribution in [0.25, 0.3) is 0 Å². The van der Waals surface area contributed by atoms with Gasteiger partial charge < -0.3 is 13.8 Å². The van der Waals surface area contributed by atoms with E-state index in [0.717, 1.165) is 17.7 Å². The fourth-order valence-corrected chi connectivity index (χ4v) is 2.09. The molecule has 0 bridgehead atoms. The summed E-state index contributed by atoms with van der Waals surface area (Å²) in [6.07, 6.45) is 7.97. The topological polar surface area (TPSA) is 62.1 Å². The van der Waals surface area contributed by atoms with Crippen LogP contribution >= 0.6 is 0 Å². The van der Waals surface area contributed by atoms with Crippen LogP contribution in [0.1, 0.15) is 32.1 Å². The Morgan fingerprint density at radius 2 is 1.94 bits per heavy atom. The van der Waals surface area contributed by atoms with Crippen LogP contribution in [0.15, 0.2) is 10.2 Å². The van der Waals surface area contributed by atoms with Gasteiger partial charge in [-0.1, -0.05) is 29.5 Å². The van der Waals surface area contributed by atoms with Crippen LogP contribution in [0.4, 0.5) is 9.59 Å². The number of carbonyl (C=O) groups is 2. The second kappa shape index (κ2) is 7.56. The smallest absolute Gasteiger partial charge is 0.358 e. The summed E-state index contributed by atoms with van der Waals surface area (Å²) in [7, 11) is 0. The molecule has 4 amide bonds. The van der Waals surface area contributed by atoms with E-state index in [1.807, 2.05) is 0 Å². The molecule has 5 nitrogen and oxygen atoms in total. The minimum Gasteiger partial charge on any atom is -0.358 e. The van der Waals surface area contributed by atoms with Gasteiger partial charge in [0.2, 0.25) is 0 Å². The van der Waals surface area contributed by atoms with Crippen LogP contribution < -0.4 is 0 Å². The molecule has 1 unspecified atom stereocenters. The molecule has 0 radical (unpaired) electrons. The number of hydrogen-bond acceptors (Lipinski definition) is 2. The van der Waals surface area contributed by atoms with E-state index in [2.05, 4.69) is 16.6 Å². The Morgan fingerprint density at radius 3 is 2.47 bits per heavy atom. The normalized spacial score (nSPS) is 22.6. The number of urea groups is 2. The SMILES string of the molecule is O=C1N=NC(=O)N1CCCC1[CH-]CCC1.[CH3-].[Fe+2]. The van der Waals surface area contributed by atoms with Crippen molar-refractivity contribution in [3.63, 3.8) is 0 Å². The third-order valence-corrected chi connectivity index (χ3v) is 2.92. The Kier molecular flexibility index (Phi) is 7.23. The average molecular weight is 279 g/mol. The van der Waals surface area contributed by atoms with E-state index < -0.39 is 12.1 Å². The van der Waals surface area contributed by atoms with E-state index in [1.165, 1.54) is 19.3 Å². The minimum absolute atomic E-state index is 0. The summed E-state index contributed by atoms with van der Waals surface area (Å²) in [4.78, 5) is 23.2. The average Bonchev–Trinajstić information content (AvgIpc) is 2.82. The van der Waals surface area contributed by atoms with Gasteiger partial charge in [-0.25, -0.2) is 14.5 Å². The number of azo groups is 1. The molecule has 1 atom stereocenters. The van der Waals surface area contributed by atoms with Gasteiger partial charge in [0.1, 0.15) is 0 Å². The standard InChI is InChI=1S/C10H14N3O2.CH3.Fe/c14-9-11-12-10(15)13(9)7-3-6-8-4-1-2-5-8;;/h4,8H,1-3,5-7H2;1H3;/q2*-1;+2. The summed E-state index contributed by atoms with van der Waals surface area (Å²) >= 11 is 0. The molecule has 2 rings (SSSR count). The Balaban J connectivity index is 0.00000128.